The molecule has 23 heavy (non-hydrogen) atoms. The van der Waals surface area contributed by atoms with Gasteiger partial charge < -0.3 is 24.1 Å². The number of rotatable bonds is 3. The van der Waals surface area contributed by atoms with Crippen molar-refractivity contribution in [1.82, 2.24) is 0 Å². The molecule has 0 fully saturated rings. The molecule has 0 saturated heterocycles. The quantitative estimate of drug-likeness (QED) is 0.772. The van der Waals surface area contributed by atoms with Gasteiger partial charge in [-0.1, -0.05) is 0 Å². The molecule has 0 aliphatic carbocycles. The van der Waals surface area contributed by atoms with Crippen LogP contribution in [0.4, 0.5) is 0 Å². The summed E-state index contributed by atoms with van der Waals surface area (Å²) in [7, 11) is 2.85. The molecule has 3 rings (SSSR count). The standard InChI is InChI=1S/C17H14O6/c1-21-13-5-3-9(7-12(13)19)15-8-11(18)10-4-6-14(22-2)16(20)17(10)23-15/h3-8,19-20H,1-2H3. The highest BCUT2D eigenvalue weighted by Crippen LogP contribution is 2.36. The van der Waals surface area contributed by atoms with Crippen LogP contribution in [0, 0.1) is 0 Å². The topological polar surface area (TPSA) is 89.1 Å². The lowest BCUT2D eigenvalue weighted by Gasteiger charge is -2.09. The Kier molecular flexibility index (Phi) is 3.57. The Morgan fingerprint density at radius 2 is 1.65 bits per heavy atom. The average Bonchev–Trinajstić information content (AvgIpc) is 2.55. The van der Waals surface area contributed by atoms with E-state index in [0.717, 1.165) is 0 Å². The molecular weight excluding hydrogens is 300 g/mol. The molecule has 0 amide bonds. The Bertz CT molecular complexity index is 942. The van der Waals surface area contributed by atoms with Crippen molar-refractivity contribution in [3.05, 3.63) is 46.6 Å². The van der Waals surface area contributed by atoms with Crippen LogP contribution >= 0.6 is 0 Å². The molecule has 0 radical (unpaired) electrons. The van der Waals surface area contributed by atoms with E-state index in [1.165, 1.54) is 38.5 Å². The SMILES string of the molecule is COc1ccc(-c2cc(=O)c3ccc(OC)c(O)c3o2)cc1O. The molecule has 0 aliphatic rings. The fraction of sp³-hybridized carbons (Fsp3) is 0.118. The first-order valence-corrected chi connectivity index (χ1v) is 6.76. The Labute approximate surface area is 131 Å². The van der Waals surface area contributed by atoms with Crippen molar-refractivity contribution in [2.24, 2.45) is 0 Å². The second-order valence-corrected chi connectivity index (χ2v) is 4.85. The van der Waals surface area contributed by atoms with E-state index in [2.05, 4.69) is 0 Å². The van der Waals surface area contributed by atoms with E-state index in [1.807, 2.05) is 0 Å². The average molecular weight is 314 g/mol. The second kappa shape index (κ2) is 5.57. The third-order valence-corrected chi connectivity index (χ3v) is 3.52. The van der Waals surface area contributed by atoms with Crippen LogP contribution in [0.15, 0.2) is 45.6 Å². The lowest BCUT2D eigenvalue weighted by Crippen LogP contribution is -2.01. The predicted octanol–water partition coefficient (Wildman–Crippen LogP) is 2.89. The van der Waals surface area contributed by atoms with Gasteiger partial charge in [0.25, 0.3) is 0 Å². The zero-order valence-corrected chi connectivity index (χ0v) is 12.5. The molecule has 0 atom stereocenters. The Balaban J connectivity index is 2.24. The molecule has 0 aliphatic heterocycles. The van der Waals surface area contributed by atoms with Crippen LogP contribution in [0.3, 0.4) is 0 Å². The van der Waals surface area contributed by atoms with Crippen molar-refractivity contribution < 1.29 is 24.1 Å². The highest BCUT2D eigenvalue weighted by Gasteiger charge is 2.15. The normalized spacial score (nSPS) is 10.7. The van der Waals surface area contributed by atoms with Gasteiger partial charge in [0.2, 0.25) is 5.75 Å². The minimum Gasteiger partial charge on any atom is -0.504 e. The van der Waals surface area contributed by atoms with Gasteiger partial charge in [0.15, 0.2) is 28.3 Å². The molecule has 3 aromatic rings. The molecule has 0 spiro atoms. The molecule has 2 N–H and O–H groups in total. The molecule has 6 nitrogen and oxygen atoms in total. The number of phenols is 2. The largest absolute Gasteiger partial charge is 0.504 e. The molecule has 0 unspecified atom stereocenters. The molecule has 1 heterocycles. The molecule has 118 valence electrons. The summed E-state index contributed by atoms with van der Waals surface area (Å²) in [5, 5.41) is 20.3. The van der Waals surface area contributed by atoms with Gasteiger partial charge in [0, 0.05) is 11.6 Å². The van der Waals surface area contributed by atoms with Gasteiger partial charge in [-0.05, 0) is 30.3 Å². The van der Waals surface area contributed by atoms with Crippen LogP contribution in [0.2, 0.25) is 0 Å². The second-order valence-electron chi connectivity index (χ2n) is 4.85. The summed E-state index contributed by atoms with van der Waals surface area (Å²) in [4.78, 5) is 12.2. The van der Waals surface area contributed by atoms with E-state index < -0.39 is 0 Å². The third-order valence-electron chi connectivity index (χ3n) is 3.52. The smallest absolute Gasteiger partial charge is 0.202 e. The van der Waals surface area contributed by atoms with E-state index in [-0.39, 0.29) is 39.4 Å². The van der Waals surface area contributed by atoms with E-state index in [9.17, 15) is 15.0 Å². The Morgan fingerprint density at radius 3 is 2.30 bits per heavy atom. The van der Waals surface area contributed by atoms with E-state index in [1.54, 1.807) is 12.1 Å². The number of aromatic hydroxyl groups is 2. The predicted molar refractivity (Wildman–Crippen MR) is 84.4 cm³/mol. The molecule has 0 saturated carbocycles. The number of phenolic OH excluding ortho intramolecular Hbond substituents is 2. The van der Waals surface area contributed by atoms with Crippen LogP contribution in [0.5, 0.6) is 23.0 Å². The number of methoxy groups -OCH3 is 2. The first-order chi connectivity index (χ1) is 11.0. The first kappa shape index (κ1) is 14.8. The number of hydrogen-bond donors (Lipinski definition) is 2. The zero-order valence-electron chi connectivity index (χ0n) is 12.5. The first-order valence-electron chi connectivity index (χ1n) is 6.76. The maximum atomic E-state index is 12.2. The van der Waals surface area contributed by atoms with Crippen LogP contribution in [-0.4, -0.2) is 24.4 Å². The summed E-state index contributed by atoms with van der Waals surface area (Å²) >= 11 is 0. The Hall–Kier alpha value is -3.15. The summed E-state index contributed by atoms with van der Waals surface area (Å²) in [5.41, 5.74) is 0.196. The van der Waals surface area contributed by atoms with Crippen molar-refractivity contribution in [3.8, 4) is 34.3 Å². The van der Waals surface area contributed by atoms with Crippen molar-refractivity contribution >= 4 is 11.0 Å². The van der Waals surface area contributed by atoms with Crippen molar-refractivity contribution in [1.29, 1.82) is 0 Å². The fourth-order valence-electron chi connectivity index (χ4n) is 2.34. The third kappa shape index (κ3) is 2.44. The van der Waals surface area contributed by atoms with Crippen LogP contribution in [0.25, 0.3) is 22.3 Å². The lowest BCUT2D eigenvalue weighted by atomic mass is 10.1. The number of ether oxygens (including phenoxy) is 2. The highest BCUT2D eigenvalue weighted by molar-refractivity contribution is 5.86. The van der Waals surface area contributed by atoms with Gasteiger partial charge in [-0.15, -0.1) is 0 Å². The fourth-order valence-corrected chi connectivity index (χ4v) is 2.34. The molecular formula is C17H14O6. The van der Waals surface area contributed by atoms with E-state index in [4.69, 9.17) is 13.9 Å². The number of benzene rings is 2. The van der Waals surface area contributed by atoms with Gasteiger partial charge in [-0.3, -0.25) is 4.79 Å². The van der Waals surface area contributed by atoms with E-state index >= 15 is 0 Å². The molecule has 2 aromatic carbocycles. The minimum atomic E-state index is -0.311. The maximum Gasteiger partial charge on any atom is 0.202 e. The number of hydrogen-bond acceptors (Lipinski definition) is 6. The summed E-state index contributed by atoms with van der Waals surface area (Å²) in [6.45, 7) is 0. The van der Waals surface area contributed by atoms with Gasteiger partial charge in [0.1, 0.15) is 5.76 Å². The summed E-state index contributed by atoms with van der Waals surface area (Å²) < 4.78 is 15.6. The molecule has 6 heteroatoms. The van der Waals surface area contributed by atoms with Gasteiger partial charge in [-0.2, -0.15) is 0 Å². The molecule has 1 aromatic heterocycles. The summed E-state index contributed by atoms with van der Waals surface area (Å²) in [5.74, 6) is 0.394. The minimum absolute atomic E-state index is 0.0298. The monoisotopic (exact) mass is 314 g/mol. The van der Waals surface area contributed by atoms with Crippen LogP contribution < -0.4 is 14.9 Å². The van der Waals surface area contributed by atoms with Crippen LogP contribution in [-0.2, 0) is 0 Å². The van der Waals surface area contributed by atoms with Crippen LogP contribution in [0.1, 0.15) is 0 Å². The van der Waals surface area contributed by atoms with Gasteiger partial charge >= 0.3 is 0 Å². The van der Waals surface area contributed by atoms with Crippen molar-refractivity contribution in [2.45, 2.75) is 0 Å². The van der Waals surface area contributed by atoms with Crippen molar-refractivity contribution in [3.63, 3.8) is 0 Å². The molecule has 0 bridgehead atoms. The highest BCUT2D eigenvalue weighted by atomic mass is 16.5. The summed E-state index contributed by atoms with van der Waals surface area (Å²) in [6.07, 6.45) is 0. The Morgan fingerprint density at radius 1 is 0.957 bits per heavy atom. The maximum absolute atomic E-state index is 12.2. The lowest BCUT2D eigenvalue weighted by molar-refractivity contribution is 0.371. The van der Waals surface area contributed by atoms with Gasteiger partial charge in [-0.25, -0.2) is 0 Å². The van der Waals surface area contributed by atoms with Gasteiger partial charge in [0.05, 0.1) is 19.6 Å². The number of fused-ring (bicyclic) bond motifs is 1. The van der Waals surface area contributed by atoms with Crippen molar-refractivity contribution in [2.75, 3.05) is 14.2 Å². The zero-order chi connectivity index (χ0) is 16.6. The van der Waals surface area contributed by atoms with E-state index in [0.29, 0.717) is 11.3 Å². The summed E-state index contributed by atoms with van der Waals surface area (Å²) in [6, 6.07) is 8.93.